The zero-order valence-electron chi connectivity index (χ0n) is 16.5. The van der Waals surface area contributed by atoms with E-state index in [1.165, 1.54) is 16.9 Å². The number of likely N-dealkylation sites (tertiary alicyclic amines) is 1. The van der Waals surface area contributed by atoms with E-state index in [9.17, 15) is 4.79 Å². The summed E-state index contributed by atoms with van der Waals surface area (Å²) in [6.07, 6.45) is 4.61. The van der Waals surface area contributed by atoms with Crippen molar-refractivity contribution in [1.82, 2.24) is 19.8 Å². The van der Waals surface area contributed by atoms with Gasteiger partial charge in [0.1, 0.15) is 11.3 Å². The van der Waals surface area contributed by atoms with Crippen LogP contribution in [0.3, 0.4) is 0 Å². The van der Waals surface area contributed by atoms with Crippen LogP contribution >= 0.6 is 11.3 Å². The van der Waals surface area contributed by atoms with Crippen molar-refractivity contribution in [3.63, 3.8) is 0 Å². The summed E-state index contributed by atoms with van der Waals surface area (Å²) < 4.78 is 12.8. The van der Waals surface area contributed by atoms with E-state index in [0.29, 0.717) is 16.6 Å². The van der Waals surface area contributed by atoms with Crippen LogP contribution in [0, 0.1) is 0 Å². The minimum Gasteiger partial charge on any atom is -0.464 e. The first kappa shape index (κ1) is 17.9. The molecule has 152 valence electrons. The van der Waals surface area contributed by atoms with Crippen LogP contribution in [0.1, 0.15) is 18.9 Å². The molecule has 8 heteroatoms. The van der Waals surface area contributed by atoms with E-state index in [0.717, 1.165) is 48.3 Å². The van der Waals surface area contributed by atoms with Crippen LogP contribution in [0.15, 0.2) is 47.2 Å². The highest BCUT2D eigenvalue weighted by atomic mass is 32.1. The van der Waals surface area contributed by atoms with Gasteiger partial charge in [-0.05, 0) is 30.7 Å². The molecule has 2 atom stereocenters. The average Bonchev–Trinajstić information content (AvgIpc) is 3.11. The van der Waals surface area contributed by atoms with Gasteiger partial charge in [0.25, 0.3) is 5.19 Å². The smallest absolute Gasteiger partial charge is 0.281 e. The second-order valence-corrected chi connectivity index (χ2v) is 9.09. The van der Waals surface area contributed by atoms with E-state index in [-0.39, 0.29) is 11.4 Å². The number of pyridine rings is 1. The van der Waals surface area contributed by atoms with Crippen LogP contribution < -0.4 is 4.74 Å². The molecule has 2 aliphatic rings. The zero-order valence-corrected chi connectivity index (χ0v) is 17.3. The van der Waals surface area contributed by atoms with Gasteiger partial charge in [0, 0.05) is 56.3 Å². The number of benzene rings is 1. The predicted molar refractivity (Wildman–Crippen MR) is 114 cm³/mol. The van der Waals surface area contributed by atoms with Gasteiger partial charge in [0.05, 0.1) is 16.5 Å². The van der Waals surface area contributed by atoms with Crippen molar-refractivity contribution in [2.24, 2.45) is 0 Å². The Balaban J connectivity index is 1.19. The van der Waals surface area contributed by atoms with Crippen molar-refractivity contribution in [2.45, 2.75) is 25.4 Å². The third kappa shape index (κ3) is 2.95. The summed E-state index contributed by atoms with van der Waals surface area (Å²) in [7, 11) is 0. The van der Waals surface area contributed by atoms with E-state index in [1.807, 2.05) is 41.5 Å². The van der Waals surface area contributed by atoms with Crippen molar-refractivity contribution in [3.8, 4) is 10.9 Å². The van der Waals surface area contributed by atoms with Crippen LogP contribution in [0.4, 0.5) is 0 Å². The first-order valence-corrected chi connectivity index (χ1v) is 10.8. The lowest BCUT2D eigenvalue weighted by Crippen LogP contribution is -2.29. The van der Waals surface area contributed by atoms with Gasteiger partial charge in [-0.3, -0.25) is 9.69 Å². The summed E-state index contributed by atoms with van der Waals surface area (Å²) in [5, 5.41) is 1.66. The second-order valence-electron chi connectivity index (χ2n) is 8.10. The van der Waals surface area contributed by atoms with Crippen LogP contribution in [-0.4, -0.2) is 50.8 Å². The average molecular weight is 420 g/mol. The van der Waals surface area contributed by atoms with Crippen LogP contribution in [0.5, 0.6) is 10.9 Å². The largest absolute Gasteiger partial charge is 0.464 e. The lowest BCUT2D eigenvalue weighted by atomic mass is 10.1. The minimum atomic E-state index is 0.166. The number of hydrogen-bond donors (Lipinski definition) is 0. The Labute approximate surface area is 176 Å². The molecule has 2 saturated heterocycles. The zero-order chi connectivity index (χ0) is 20.3. The molecule has 5 heterocycles. The summed E-state index contributed by atoms with van der Waals surface area (Å²) >= 11 is 1.47. The fraction of sp³-hybridized carbons (Fsp3) is 0.318. The highest BCUT2D eigenvalue weighted by Crippen LogP contribution is 2.43. The number of aromatic nitrogens is 2. The Morgan fingerprint density at radius 2 is 2.27 bits per heavy atom. The number of amides is 1. The summed E-state index contributed by atoms with van der Waals surface area (Å²) in [5.41, 5.74) is 2.83. The molecule has 2 aliphatic heterocycles. The monoisotopic (exact) mass is 420 g/mol. The number of nitrogens with zero attached hydrogens (tertiary/aromatic N) is 4. The first-order valence-electron chi connectivity index (χ1n) is 10.00. The molecule has 1 spiro atoms. The second kappa shape index (κ2) is 6.52. The molecule has 1 aromatic carbocycles. The van der Waals surface area contributed by atoms with Gasteiger partial charge < -0.3 is 14.1 Å². The number of fused-ring (bicyclic) bond motifs is 2. The van der Waals surface area contributed by atoms with Gasteiger partial charge in [-0.15, -0.1) is 0 Å². The number of thiazole rings is 1. The van der Waals surface area contributed by atoms with Crippen molar-refractivity contribution in [1.29, 1.82) is 0 Å². The van der Waals surface area contributed by atoms with Crippen molar-refractivity contribution in [3.05, 3.63) is 48.4 Å². The van der Waals surface area contributed by atoms with Gasteiger partial charge in [0.15, 0.2) is 5.65 Å². The Morgan fingerprint density at radius 1 is 1.33 bits per heavy atom. The SMILES string of the molecule is CC(=O)N1CCC2(C1)CN2Cc1coc2cc(Oc3nc4ncccc4s3)ccc12. The van der Waals surface area contributed by atoms with Crippen LogP contribution in [0.2, 0.25) is 0 Å². The Hall–Kier alpha value is -2.97. The normalized spacial score (nSPS) is 23.0. The quantitative estimate of drug-likeness (QED) is 0.464. The van der Waals surface area contributed by atoms with Gasteiger partial charge >= 0.3 is 0 Å². The van der Waals surface area contributed by atoms with E-state index in [4.69, 9.17) is 9.15 Å². The van der Waals surface area contributed by atoms with Crippen molar-refractivity contribution in [2.75, 3.05) is 19.6 Å². The Bertz CT molecular complexity index is 1250. The highest BCUT2D eigenvalue weighted by Gasteiger charge is 2.55. The molecule has 0 saturated carbocycles. The molecule has 2 unspecified atom stereocenters. The number of ether oxygens (including phenoxy) is 1. The van der Waals surface area contributed by atoms with Crippen molar-refractivity contribution < 1.29 is 13.9 Å². The predicted octanol–water partition coefficient (Wildman–Crippen LogP) is 4.04. The van der Waals surface area contributed by atoms with Gasteiger partial charge in [-0.25, -0.2) is 4.98 Å². The fourth-order valence-electron chi connectivity index (χ4n) is 4.40. The van der Waals surface area contributed by atoms with Gasteiger partial charge in [-0.1, -0.05) is 11.3 Å². The maximum atomic E-state index is 11.6. The van der Waals surface area contributed by atoms with E-state index in [1.54, 1.807) is 13.1 Å². The van der Waals surface area contributed by atoms with Crippen LogP contribution in [0.25, 0.3) is 21.3 Å². The topological polar surface area (TPSA) is 71.5 Å². The minimum absolute atomic E-state index is 0.166. The maximum Gasteiger partial charge on any atom is 0.281 e. The molecule has 3 aromatic heterocycles. The standard InChI is InChI=1S/C22H20N4O3S/c1-14(27)25-8-6-22(12-25)13-26(22)10-15-11-28-18-9-16(4-5-17(15)18)29-21-24-20-19(30-21)3-2-7-23-20/h2-5,7,9,11H,6,8,10,12-13H2,1H3. The Kier molecular flexibility index (Phi) is 3.88. The molecule has 6 rings (SSSR count). The van der Waals surface area contributed by atoms with E-state index >= 15 is 0 Å². The number of hydrogen-bond acceptors (Lipinski definition) is 7. The third-order valence-corrected chi connectivity index (χ3v) is 7.06. The third-order valence-electron chi connectivity index (χ3n) is 6.17. The number of carbonyl (C=O) groups is 1. The first-order chi connectivity index (χ1) is 14.6. The van der Waals surface area contributed by atoms with Gasteiger partial charge in [-0.2, -0.15) is 4.98 Å². The molecule has 4 aromatic rings. The molecule has 0 aliphatic carbocycles. The van der Waals surface area contributed by atoms with Crippen LogP contribution in [-0.2, 0) is 11.3 Å². The summed E-state index contributed by atoms with van der Waals surface area (Å²) in [4.78, 5) is 24.7. The molecule has 0 radical (unpaired) electrons. The summed E-state index contributed by atoms with van der Waals surface area (Å²) in [6, 6.07) is 9.77. The molecule has 2 fully saturated rings. The maximum absolute atomic E-state index is 11.6. The van der Waals surface area contributed by atoms with Gasteiger partial charge in [0.2, 0.25) is 5.91 Å². The summed E-state index contributed by atoms with van der Waals surface area (Å²) in [5.74, 6) is 0.863. The lowest BCUT2D eigenvalue weighted by molar-refractivity contribution is -0.127. The lowest BCUT2D eigenvalue weighted by Gasteiger charge is -2.14. The molecule has 7 nitrogen and oxygen atoms in total. The number of furan rings is 1. The van der Waals surface area contributed by atoms with E-state index in [2.05, 4.69) is 14.9 Å². The Morgan fingerprint density at radius 3 is 3.10 bits per heavy atom. The molecule has 0 N–H and O–H groups in total. The molecular formula is C22H20N4O3S. The molecular weight excluding hydrogens is 400 g/mol. The van der Waals surface area contributed by atoms with E-state index < -0.39 is 0 Å². The number of carbonyl (C=O) groups excluding carboxylic acids is 1. The summed E-state index contributed by atoms with van der Waals surface area (Å²) in [6.45, 7) is 5.23. The highest BCUT2D eigenvalue weighted by molar-refractivity contribution is 7.20. The fourth-order valence-corrected chi connectivity index (χ4v) is 5.20. The van der Waals surface area contributed by atoms with Crippen molar-refractivity contribution >= 4 is 38.6 Å². The molecule has 1 amide bonds. The molecule has 0 bridgehead atoms. The molecule has 30 heavy (non-hydrogen) atoms. The number of rotatable bonds is 4.